The van der Waals surface area contributed by atoms with E-state index >= 15 is 0 Å². The Balaban J connectivity index is 1.46. The van der Waals surface area contributed by atoms with Gasteiger partial charge in [-0.2, -0.15) is 0 Å². The van der Waals surface area contributed by atoms with Gasteiger partial charge in [-0.15, -0.1) is 0 Å². The molecule has 0 spiro atoms. The van der Waals surface area contributed by atoms with Crippen LogP contribution in [0.25, 0.3) is 0 Å². The zero-order chi connectivity index (χ0) is 24.2. The first-order chi connectivity index (χ1) is 16.6. The van der Waals surface area contributed by atoms with Gasteiger partial charge in [0.15, 0.2) is 0 Å². The predicted octanol–water partition coefficient (Wildman–Crippen LogP) is 10.2. The molecule has 0 radical (unpaired) electrons. The molecule has 0 bridgehead atoms. The van der Waals surface area contributed by atoms with Gasteiger partial charge in [-0.05, 0) is 96.9 Å². The Morgan fingerprint density at radius 2 is 0.794 bits per heavy atom. The zero-order valence-electron chi connectivity index (χ0n) is 21.0. The highest BCUT2D eigenvalue weighted by molar-refractivity contribution is 9.10. The predicted molar refractivity (Wildman–Crippen MR) is 156 cm³/mol. The van der Waals surface area contributed by atoms with Crippen LogP contribution in [0.5, 0.6) is 0 Å². The minimum Gasteiger partial charge on any atom is -0.0654 e. The van der Waals surface area contributed by atoms with Crippen molar-refractivity contribution < 1.29 is 0 Å². The lowest BCUT2D eigenvalue weighted by Gasteiger charge is -2.09. The van der Waals surface area contributed by atoms with E-state index in [1.165, 1.54) is 93.7 Å². The lowest BCUT2D eigenvalue weighted by Crippen LogP contribution is -1.96. The van der Waals surface area contributed by atoms with Gasteiger partial charge < -0.3 is 0 Å². The van der Waals surface area contributed by atoms with Crippen molar-refractivity contribution in [2.75, 3.05) is 0 Å². The zero-order valence-corrected chi connectivity index (χ0v) is 24.2. The normalized spacial score (nSPS) is 11.2. The molecule has 3 rings (SSSR count). The van der Waals surface area contributed by atoms with Crippen LogP contribution in [-0.4, -0.2) is 0 Å². The molecule has 0 aliphatic rings. The highest BCUT2D eigenvalue weighted by Crippen LogP contribution is 2.23. The molecule has 0 aliphatic heterocycles. The van der Waals surface area contributed by atoms with Crippen molar-refractivity contribution in [1.82, 2.24) is 0 Å². The van der Waals surface area contributed by atoms with Crippen molar-refractivity contribution in [2.45, 2.75) is 90.9 Å². The second-order valence-electron chi connectivity index (χ2n) is 9.58. The molecule has 0 atom stereocenters. The summed E-state index contributed by atoms with van der Waals surface area (Å²) in [6.45, 7) is 4.52. The summed E-state index contributed by atoms with van der Waals surface area (Å²) in [6, 6.07) is 23.2. The van der Waals surface area contributed by atoms with Crippen molar-refractivity contribution in [2.24, 2.45) is 0 Å². The fraction of sp³-hybridized carbons (Fsp3) is 0.438. The molecule has 0 N–H and O–H groups in total. The van der Waals surface area contributed by atoms with Crippen LogP contribution in [0.3, 0.4) is 0 Å². The fourth-order valence-corrected chi connectivity index (χ4v) is 5.73. The van der Waals surface area contributed by atoms with Crippen molar-refractivity contribution in [1.29, 1.82) is 0 Å². The van der Waals surface area contributed by atoms with Crippen molar-refractivity contribution >= 4 is 31.9 Å². The molecule has 0 heterocycles. The smallest absolute Gasteiger partial charge is 0.0210 e. The first-order valence-electron chi connectivity index (χ1n) is 13.2. The fourth-order valence-electron chi connectivity index (χ4n) is 4.48. The van der Waals surface area contributed by atoms with E-state index in [0.717, 1.165) is 25.7 Å². The lowest BCUT2D eigenvalue weighted by molar-refractivity contribution is 0.716. The van der Waals surface area contributed by atoms with Gasteiger partial charge in [0.05, 0.1) is 0 Å². The molecule has 34 heavy (non-hydrogen) atoms. The van der Waals surface area contributed by atoms with Gasteiger partial charge in [0.1, 0.15) is 0 Å². The van der Waals surface area contributed by atoms with E-state index in [1.807, 2.05) is 0 Å². The van der Waals surface area contributed by atoms with Gasteiger partial charge in [-0.25, -0.2) is 0 Å². The molecule has 3 aromatic carbocycles. The number of hydrogen-bond acceptors (Lipinski definition) is 0. The number of benzene rings is 3. The van der Waals surface area contributed by atoms with Crippen molar-refractivity contribution in [3.05, 3.63) is 103 Å². The van der Waals surface area contributed by atoms with E-state index < -0.39 is 0 Å². The SMILES string of the molecule is CCCCCc1ccc(CCc2ccc(CCc3ccc(CCCCC)c(Br)c3)cc2)cc1Br. The summed E-state index contributed by atoms with van der Waals surface area (Å²) < 4.78 is 2.55. The Hall–Kier alpha value is -1.38. The Morgan fingerprint density at radius 3 is 1.15 bits per heavy atom. The molecule has 0 aromatic heterocycles. The summed E-state index contributed by atoms with van der Waals surface area (Å²) in [5, 5.41) is 0. The molecule has 0 unspecified atom stereocenters. The molecule has 0 aliphatic carbocycles. The van der Waals surface area contributed by atoms with Gasteiger partial charge in [0, 0.05) is 8.95 Å². The summed E-state index contributed by atoms with van der Waals surface area (Å²) in [4.78, 5) is 0. The first kappa shape index (κ1) is 27.2. The largest absolute Gasteiger partial charge is 0.0654 e. The van der Waals surface area contributed by atoms with Crippen molar-refractivity contribution in [3.8, 4) is 0 Å². The van der Waals surface area contributed by atoms with E-state index in [0.29, 0.717) is 0 Å². The topological polar surface area (TPSA) is 0 Å². The molecule has 182 valence electrons. The Morgan fingerprint density at radius 1 is 0.441 bits per heavy atom. The summed E-state index contributed by atoms with van der Waals surface area (Å²) in [5.74, 6) is 0. The van der Waals surface area contributed by atoms with Crippen LogP contribution in [0.2, 0.25) is 0 Å². The third-order valence-corrected chi connectivity index (χ3v) is 8.24. The van der Waals surface area contributed by atoms with Gasteiger partial charge in [0.25, 0.3) is 0 Å². The minimum absolute atomic E-state index is 1.09. The Bertz CT molecular complexity index is 922. The van der Waals surface area contributed by atoms with E-state index in [-0.39, 0.29) is 0 Å². The number of halogens is 2. The molecule has 0 amide bonds. The quantitative estimate of drug-likeness (QED) is 0.166. The van der Waals surface area contributed by atoms with Crippen LogP contribution < -0.4 is 0 Å². The second kappa shape index (κ2) is 14.9. The maximum atomic E-state index is 3.79. The molecule has 3 aromatic rings. The van der Waals surface area contributed by atoms with Crippen LogP contribution in [0.4, 0.5) is 0 Å². The number of rotatable bonds is 14. The molecular formula is C32H40Br2. The summed E-state index contributed by atoms with van der Waals surface area (Å²) in [6.07, 6.45) is 14.5. The maximum absolute atomic E-state index is 3.79. The number of aryl methyl sites for hydroxylation is 6. The lowest BCUT2D eigenvalue weighted by atomic mass is 9.98. The second-order valence-corrected chi connectivity index (χ2v) is 11.3. The van der Waals surface area contributed by atoms with Gasteiger partial charge in [-0.1, -0.05) is 120 Å². The molecule has 0 nitrogen and oxygen atoms in total. The molecule has 0 saturated carbocycles. The van der Waals surface area contributed by atoms with Crippen LogP contribution in [-0.2, 0) is 38.5 Å². The van der Waals surface area contributed by atoms with E-state index in [1.54, 1.807) is 0 Å². The maximum Gasteiger partial charge on any atom is 0.0210 e. The third kappa shape index (κ3) is 9.00. The highest BCUT2D eigenvalue weighted by atomic mass is 79.9. The van der Waals surface area contributed by atoms with E-state index in [2.05, 4.69) is 106 Å². The summed E-state index contributed by atoms with van der Waals surface area (Å²) in [5.41, 5.74) is 8.56. The number of hydrogen-bond donors (Lipinski definition) is 0. The van der Waals surface area contributed by atoms with Crippen LogP contribution >= 0.6 is 31.9 Å². The average molecular weight is 584 g/mol. The first-order valence-corrected chi connectivity index (χ1v) is 14.8. The summed E-state index contributed by atoms with van der Waals surface area (Å²) in [7, 11) is 0. The van der Waals surface area contributed by atoms with Crippen molar-refractivity contribution in [3.63, 3.8) is 0 Å². The molecule has 2 heteroatoms. The van der Waals surface area contributed by atoms with Crippen LogP contribution in [0.1, 0.15) is 85.8 Å². The van der Waals surface area contributed by atoms with Crippen LogP contribution in [0.15, 0.2) is 69.6 Å². The Labute approximate surface area is 224 Å². The van der Waals surface area contributed by atoms with Gasteiger partial charge in [-0.3, -0.25) is 0 Å². The van der Waals surface area contributed by atoms with E-state index in [9.17, 15) is 0 Å². The minimum atomic E-state index is 1.09. The Kier molecular flexibility index (Phi) is 11.9. The van der Waals surface area contributed by atoms with E-state index in [4.69, 9.17) is 0 Å². The standard InChI is InChI=1S/C32H40Br2/c1-3-5-7-9-29-21-19-27(23-31(29)33)17-15-25-11-13-26(14-12-25)16-18-28-20-22-30(32(34)24-28)10-8-6-4-2/h11-14,19-24H,3-10,15-18H2,1-2H3. The monoisotopic (exact) mass is 582 g/mol. The van der Waals surface area contributed by atoms with Gasteiger partial charge in [0.2, 0.25) is 0 Å². The molecular weight excluding hydrogens is 544 g/mol. The third-order valence-electron chi connectivity index (χ3n) is 6.76. The van der Waals surface area contributed by atoms with Gasteiger partial charge >= 0.3 is 0 Å². The summed E-state index contributed by atoms with van der Waals surface area (Å²) >= 11 is 7.58. The molecule has 0 saturated heterocycles. The average Bonchev–Trinajstić information content (AvgIpc) is 2.85. The number of unbranched alkanes of at least 4 members (excludes halogenated alkanes) is 4. The molecule has 0 fully saturated rings. The highest BCUT2D eigenvalue weighted by Gasteiger charge is 2.05. The van der Waals surface area contributed by atoms with Crippen LogP contribution in [0, 0.1) is 0 Å².